The Kier molecular flexibility index (Phi) is 6.87. The minimum absolute atomic E-state index is 0.0140. The molecule has 0 saturated heterocycles. The minimum Gasteiger partial charge on any atom is -0.494 e. The van der Waals surface area contributed by atoms with Gasteiger partial charge >= 0.3 is 0 Å². The average Bonchev–Trinajstić information content (AvgIpc) is 2.42. The molecule has 1 rings (SSSR count). The van der Waals surface area contributed by atoms with Crippen molar-refractivity contribution in [3.8, 4) is 5.75 Å². The fourth-order valence-electron chi connectivity index (χ4n) is 1.67. The summed E-state index contributed by atoms with van der Waals surface area (Å²) < 4.78 is 5.51. The maximum atomic E-state index is 11.7. The summed E-state index contributed by atoms with van der Waals surface area (Å²) in [5.41, 5.74) is 0. The number of rotatable bonds is 8. The predicted molar refractivity (Wildman–Crippen MR) is 70.5 cm³/mol. The van der Waals surface area contributed by atoms with Gasteiger partial charge in [-0.25, -0.2) is 0 Å². The van der Waals surface area contributed by atoms with Gasteiger partial charge in [0.05, 0.1) is 13.2 Å². The number of amides is 1. The lowest BCUT2D eigenvalue weighted by Gasteiger charge is -2.19. The molecule has 1 aromatic carbocycles. The van der Waals surface area contributed by atoms with Crippen molar-refractivity contribution in [3.05, 3.63) is 30.3 Å². The SMILES string of the molecule is CCN(CCO)C(=O)CCCOc1ccccc1. The Bertz CT molecular complexity index is 340. The molecular weight excluding hydrogens is 230 g/mol. The molecule has 1 aromatic rings. The van der Waals surface area contributed by atoms with Crippen LogP contribution in [0.1, 0.15) is 19.8 Å². The van der Waals surface area contributed by atoms with Gasteiger partial charge in [-0.3, -0.25) is 4.79 Å². The van der Waals surface area contributed by atoms with Crippen molar-refractivity contribution in [3.63, 3.8) is 0 Å². The lowest BCUT2D eigenvalue weighted by atomic mass is 10.3. The molecule has 1 N–H and O–H groups in total. The lowest BCUT2D eigenvalue weighted by molar-refractivity contribution is -0.131. The topological polar surface area (TPSA) is 49.8 Å². The summed E-state index contributed by atoms with van der Waals surface area (Å²) in [6, 6.07) is 9.56. The van der Waals surface area contributed by atoms with Gasteiger partial charge < -0.3 is 14.7 Å². The Hall–Kier alpha value is -1.55. The second-order valence-corrected chi connectivity index (χ2v) is 3.96. The Morgan fingerprint density at radius 1 is 1.33 bits per heavy atom. The number of carbonyl (C=O) groups excluding carboxylic acids is 1. The third kappa shape index (κ3) is 5.19. The molecule has 4 nitrogen and oxygen atoms in total. The highest BCUT2D eigenvalue weighted by molar-refractivity contribution is 5.76. The van der Waals surface area contributed by atoms with Crippen molar-refractivity contribution >= 4 is 5.91 Å². The molecule has 0 aliphatic heterocycles. The standard InChI is InChI=1S/C14H21NO3/c1-2-15(10-11-16)14(17)9-6-12-18-13-7-4-3-5-8-13/h3-5,7-8,16H,2,6,9-12H2,1H3. The Labute approximate surface area is 108 Å². The summed E-state index contributed by atoms with van der Waals surface area (Å²) in [6.07, 6.45) is 1.15. The zero-order valence-electron chi connectivity index (χ0n) is 10.8. The number of ether oxygens (including phenoxy) is 1. The fraction of sp³-hybridized carbons (Fsp3) is 0.500. The highest BCUT2D eigenvalue weighted by Crippen LogP contribution is 2.09. The number of likely N-dealkylation sites (N-methyl/N-ethyl adjacent to an activating group) is 1. The zero-order chi connectivity index (χ0) is 13.2. The maximum Gasteiger partial charge on any atom is 0.222 e. The van der Waals surface area contributed by atoms with Crippen molar-refractivity contribution in [2.75, 3.05) is 26.3 Å². The largest absolute Gasteiger partial charge is 0.494 e. The smallest absolute Gasteiger partial charge is 0.222 e. The van der Waals surface area contributed by atoms with Gasteiger partial charge in [-0.05, 0) is 25.5 Å². The van der Waals surface area contributed by atoms with Crippen LogP contribution in [0.25, 0.3) is 0 Å². The first-order chi connectivity index (χ1) is 8.77. The average molecular weight is 251 g/mol. The number of hydrogen-bond acceptors (Lipinski definition) is 3. The van der Waals surface area contributed by atoms with Crippen molar-refractivity contribution in [2.45, 2.75) is 19.8 Å². The van der Waals surface area contributed by atoms with Gasteiger partial charge in [0.1, 0.15) is 5.75 Å². The Balaban J connectivity index is 2.19. The summed E-state index contributed by atoms with van der Waals surface area (Å²) in [5.74, 6) is 0.899. The number of benzene rings is 1. The number of para-hydroxylation sites is 1. The number of hydrogen-bond donors (Lipinski definition) is 1. The van der Waals surface area contributed by atoms with E-state index in [1.54, 1.807) is 4.90 Å². The van der Waals surface area contributed by atoms with Gasteiger partial charge in [0, 0.05) is 19.5 Å². The molecule has 4 heteroatoms. The summed E-state index contributed by atoms with van der Waals surface area (Å²) in [5, 5.41) is 8.82. The van der Waals surface area contributed by atoms with E-state index < -0.39 is 0 Å². The summed E-state index contributed by atoms with van der Waals surface area (Å²) in [6.45, 7) is 3.51. The molecule has 0 aliphatic carbocycles. The molecule has 100 valence electrons. The molecule has 0 bridgehead atoms. The number of aliphatic hydroxyl groups is 1. The van der Waals surface area contributed by atoms with Crippen LogP contribution in [-0.4, -0.2) is 42.2 Å². The van der Waals surface area contributed by atoms with Crippen LogP contribution in [0.5, 0.6) is 5.75 Å². The van der Waals surface area contributed by atoms with Crippen LogP contribution in [0.3, 0.4) is 0 Å². The van der Waals surface area contributed by atoms with Crippen LogP contribution >= 0.6 is 0 Å². The second-order valence-electron chi connectivity index (χ2n) is 3.96. The van der Waals surface area contributed by atoms with Gasteiger partial charge in [0.2, 0.25) is 5.91 Å². The van der Waals surface area contributed by atoms with E-state index in [1.165, 1.54) is 0 Å². The molecule has 0 spiro atoms. The first kappa shape index (κ1) is 14.5. The van der Waals surface area contributed by atoms with E-state index in [4.69, 9.17) is 9.84 Å². The zero-order valence-corrected chi connectivity index (χ0v) is 10.8. The minimum atomic E-state index is 0.0140. The quantitative estimate of drug-likeness (QED) is 0.715. The predicted octanol–water partition coefficient (Wildman–Crippen LogP) is 1.69. The molecule has 0 radical (unpaired) electrons. The van der Waals surface area contributed by atoms with E-state index in [0.29, 0.717) is 32.5 Å². The fourth-order valence-corrected chi connectivity index (χ4v) is 1.67. The van der Waals surface area contributed by atoms with Crippen molar-refractivity contribution < 1.29 is 14.6 Å². The van der Waals surface area contributed by atoms with Crippen LogP contribution in [0.2, 0.25) is 0 Å². The van der Waals surface area contributed by atoms with Crippen LogP contribution in [-0.2, 0) is 4.79 Å². The first-order valence-corrected chi connectivity index (χ1v) is 6.34. The summed E-state index contributed by atoms with van der Waals surface area (Å²) in [7, 11) is 0. The van der Waals surface area contributed by atoms with Crippen molar-refractivity contribution in [1.82, 2.24) is 4.90 Å². The van der Waals surface area contributed by atoms with Crippen molar-refractivity contribution in [1.29, 1.82) is 0 Å². The van der Waals surface area contributed by atoms with E-state index >= 15 is 0 Å². The molecule has 0 saturated carbocycles. The third-order valence-electron chi connectivity index (χ3n) is 2.65. The molecule has 0 aromatic heterocycles. The van der Waals surface area contributed by atoms with Gasteiger partial charge in [0.15, 0.2) is 0 Å². The molecule has 18 heavy (non-hydrogen) atoms. The van der Waals surface area contributed by atoms with Crippen LogP contribution in [0.15, 0.2) is 30.3 Å². The van der Waals surface area contributed by atoms with Gasteiger partial charge in [-0.1, -0.05) is 18.2 Å². The van der Waals surface area contributed by atoms with Gasteiger partial charge in [0.25, 0.3) is 0 Å². The Morgan fingerprint density at radius 2 is 2.06 bits per heavy atom. The van der Waals surface area contributed by atoms with Gasteiger partial charge in [-0.2, -0.15) is 0 Å². The van der Waals surface area contributed by atoms with Crippen LogP contribution < -0.4 is 4.74 Å². The normalized spacial score (nSPS) is 10.1. The summed E-state index contributed by atoms with van der Waals surface area (Å²) >= 11 is 0. The van der Waals surface area contributed by atoms with E-state index in [2.05, 4.69) is 0 Å². The molecular formula is C14H21NO3. The van der Waals surface area contributed by atoms with Crippen LogP contribution in [0, 0.1) is 0 Å². The van der Waals surface area contributed by atoms with E-state index in [9.17, 15) is 4.79 Å². The van der Waals surface area contributed by atoms with E-state index in [1.807, 2.05) is 37.3 Å². The third-order valence-corrected chi connectivity index (χ3v) is 2.65. The summed E-state index contributed by atoms with van der Waals surface area (Å²) in [4.78, 5) is 13.4. The van der Waals surface area contributed by atoms with Crippen LogP contribution in [0.4, 0.5) is 0 Å². The number of aliphatic hydroxyl groups excluding tert-OH is 1. The highest BCUT2D eigenvalue weighted by atomic mass is 16.5. The Morgan fingerprint density at radius 3 is 2.67 bits per heavy atom. The second kappa shape index (κ2) is 8.53. The highest BCUT2D eigenvalue weighted by Gasteiger charge is 2.10. The monoisotopic (exact) mass is 251 g/mol. The van der Waals surface area contributed by atoms with Gasteiger partial charge in [-0.15, -0.1) is 0 Å². The maximum absolute atomic E-state index is 11.7. The van der Waals surface area contributed by atoms with Crippen molar-refractivity contribution in [2.24, 2.45) is 0 Å². The van der Waals surface area contributed by atoms with E-state index in [-0.39, 0.29) is 12.5 Å². The molecule has 0 unspecified atom stereocenters. The number of carbonyl (C=O) groups is 1. The van der Waals surface area contributed by atoms with E-state index in [0.717, 1.165) is 5.75 Å². The molecule has 0 atom stereocenters. The molecule has 0 fully saturated rings. The molecule has 0 aliphatic rings. The molecule has 1 amide bonds. The first-order valence-electron chi connectivity index (χ1n) is 6.34. The lowest BCUT2D eigenvalue weighted by Crippen LogP contribution is -2.33. The molecule has 0 heterocycles. The number of nitrogens with zero attached hydrogens (tertiary/aromatic N) is 1.